The Morgan fingerprint density at radius 3 is 2.40 bits per heavy atom. The average Bonchev–Trinajstić information content (AvgIpc) is 2.89. The minimum Gasteiger partial charge on any atom is -0.457 e. The lowest BCUT2D eigenvalue weighted by molar-refractivity contribution is -0.122. The molecule has 1 aromatic heterocycles. The first kappa shape index (κ1) is 22.1. The van der Waals surface area contributed by atoms with Gasteiger partial charge in [0.15, 0.2) is 5.11 Å². The fourth-order valence-electron chi connectivity index (χ4n) is 3.58. The molecule has 3 aromatic carbocycles. The van der Waals surface area contributed by atoms with Gasteiger partial charge in [-0.3, -0.25) is 29.8 Å². The van der Waals surface area contributed by atoms with Crippen molar-refractivity contribution in [2.24, 2.45) is 0 Å². The van der Waals surface area contributed by atoms with E-state index in [-0.39, 0.29) is 10.7 Å². The van der Waals surface area contributed by atoms with Crippen LogP contribution < -0.4 is 15.0 Å². The number of para-hydroxylation sites is 1. The Kier molecular flexibility index (Phi) is 6.11. The molecule has 0 radical (unpaired) electrons. The molecule has 4 aromatic rings. The highest BCUT2D eigenvalue weighted by Gasteiger charge is 2.34. The van der Waals surface area contributed by atoms with Gasteiger partial charge in [-0.05, 0) is 66.3 Å². The molecular weight excluding hydrogens is 460 g/mol. The average molecular weight is 479 g/mol. The predicted octanol–water partition coefficient (Wildman–Crippen LogP) is 4.77. The summed E-state index contributed by atoms with van der Waals surface area (Å²) in [6.45, 7) is 0. The molecule has 0 aliphatic carbocycles. The quantitative estimate of drug-likeness (QED) is 0.253. The number of hydrogen-bond acceptors (Lipinski definition) is 6. The second-order valence-corrected chi connectivity index (χ2v) is 7.97. The summed E-state index contributed by atoms with van der Waals surface area (Å²) in [6.07, 6.45) is 6.39. The number of carbonyl (C=O) groups excluding carboxylic acids is 2. The Morgan fingerprint density at radius 2 is 1.66 bits per heavy atom. The van der Waals surface area contributed by atoms with Crippen LogP contribution >= 0.6 is 12.2 Å². The molecule has 0 unspecified atom stereocenters. The fraction of sp³-hybridized carbons (Fsp3) is 0. The molecular formula is C27H18N4O3S. The summed E-state index contributed by atoms with van der Waals surface area (Å²) in [6, 6.07) is 23.6. The van der Waals surface area contributed by atoms with Crippen LogP contribution in [-0.4, -0.2) is 26.9 Å². The zero-order valence-corrected chi connectivity index (χ0v) is 19.1. The molecule has 8 heteroatoms. The molecule has 0 saturated carbocycles. The van der Waals surface area contributed by atoms with Crippen LogP contribution in [0.2, 0.25) is 0 Å². The number of hydrogen-bond donors (Lipinski definition) is 1. The van der Waals surface area contributed by atoms with E-state index < -0.39 is 11.8 Å². The number of nitrogens with zero attached hydrogens (tertiary/aromatic N) is 3. The lowest BCUT2D eigenvalue weighted by Gasteiger charge is -2.29. The number of amides is 2. The number of carbonyl (C=O) groups is 2. The molecule has 0 bridgehead atoms. The van der Waals surface area contributed by atoms with E-state index in [1.54, 1.807) is 55.0 Å². The summed E-state index contributed by atoms with van der Waals surface area (Å²) in [5.41, 5.74) is 2.66. The van der Waals surface area contributed by atoms with Gasteiger partial charge in [-0.25, -0.2) is 0 Å². The lowest BCUT2D eigenvalue weighted by Crippen LogP contribution is -2.54. The van der Waals surface area contributed by atoms with Crippen molar-refractivity contribution < 1.29 is 14.3 Å². The van der Waals surface area contributed by atoms with Gasteiger partial charge in [0.25, 0.3) is 11.8 Å². The zero-order valence-electron chi connectivity index (χ0n) is 18.3. The molecule has 0 spiro atoms. The lowest BCUT2D eigenvalue weighted by atomic mass is 10.0. The van der Waals surface area contributed by atoms with E-state index in [0.29, 0.717) is 28.4 Å². The molecule has 2 heterocycles. The monoisotopic (exact) mass is 478 g/mol. The maximum atomic E-state index is 13.3. The van der Waals surface area contributed by atoms with Crippen LogP contribution in [0.4, 0.5) is 5.69 Å². The van der Waals surface area contributed by atoms with E-state index in [4.69, 9.17) is 17.0 Å². The van der Waals surface area contributed by atoms with Crippen LogP contribution in [0.3, 0.4) is 0 Å². The van der Waals surface area contributed by atoms with Crippen LogP contribution in [0.15, 0.2) is 103 Å². The van der Waals surface area contributed by atoms with Gasteiger partial charge in [-0.15, -0.1) is 0 Å². The molecule has 7 nitrogen and oxygen atoms in total. The molecule has 0 atom stereocenters. The third-order valence-electron chi connectivity index (χ3n) is 5.23. The predicted molar refractivity (Wildman–Crippen MR) is 137 cm³/mol. The Balaban J connectivity index is 1.41. The minimum absolute atomic E-state index is 0.0159. The second kappa shape index (κ2) is 9.66. The Labute approximate surface area is 206 Å². The number of ether oxygens (including phenoxy) is 1. The van der Waals surface area contributed by atoms with Crippen molar-refractivity contribution in [3.63, 3.8) is 0 Å². The van der Waals surface area contributed by atoms with Crippen molar-refractivity contribution in [1.29, 1.82) is 0 Å². The fourth-order valence-corrected chi connectivity index (χ4v) is 3.86. The van der Waals surface area contributed by atoms with Crippen molar-refractivity contribution in [1.82, 2.24) is 15.3 Å². The van der Waals surface area contributed by atoms with Gasteiger partial charge in [0.1, 0.15) is 17.1 Å². The normalized spacial score (nSPS) is 14.7. The second-order valence-electron chi connectivity index (χ2n) is 7.58. The van der Waals surface area contributed by atoms with Gasteiger partial charge in [0.2, 0.25) is 0 Å². The standard InChI is InChI=1S/C27H18N4O3S/c32-25-23(16-18-5-4-6-19(15-18)24-17-28-13-14-29-24)26(33)31(27(35)30-25)20-9-11-22(12-10-20)34-21-7-2-1-3-8-21/h1-17H,(H,30,32,35)/b23-16+. The van der Waals surface area contributed by atoms with Gasteiger partial charge in [-0.2, -0.15) is 0 Å². The number of benzene rings is 3. The summed E-state index contributed by atoms with van der Waals surface area (Å²) >= 11 is 5.30. The van der Waals surface area contributed by atoms with Crippen LogP contribution in [0, 0.1) is 0 Å². The zero-order chi connectivity index (χ0) is 24.2. The van der Waals surface area contributed by atoms with Crippen LogP contribution in [0.5, 0.6) is 11.5 Å². The first-order valence-electron chi connectivity index (χ1n) is 10.7. The van der Waals surface area contributed by atoms with E-state index in [2.05, 4.69) is 15.3 Å². The van der Waals surface area contributed by atoms with Crippen molar-refractivity contribution >= 4 is 40.9 Å². The van der Waals surface area contributed by atoms with E-state index in [1.165, 1.54) is 4.90 Å². The van der Waals surface area contributed by atoms with Crippen molar-refractivity contribution in [3.05, 3.63) is 109 Å². The van der Waals surface area contributed by atoms with Gasteiger partial charge in [0.05, 0.1) is 17.6 Å². The maximum absolute atomic E-state index is 13.3. The van der Waals surface area contributed by atoms with Crippen LogP contribution in [0.1, 0.15) is 5.56 Å². The SMILES string of the molecule is O=C1NC(=S)N(c2ccc(Oc3ccccc3)cc2)C(=O)/C1=C/c1cccc(-c2cnccn2)c1. The van der Waals surface area contributed by atoms with Gasteiger partial charge in [0, 0.05) is 18.0 Å². The highest BCUT2D eigenvalue weighted by atomic mass is 32.1. The first-order chi connectivity index (χ1) is 17.1. The summed E-state index contributed by atoms with van der Waals surface area (Å²) < 4.78 is 5.81. The molecule has 35 heavy (non-hydrogen) atoms. The number of thiocarbonyl (C=S) groups is 1. The third kappa shape index (κ3) is 4.83. The third-order valence-corrected chi connectivity index (χ3v) is 5.52. The van der Waals surface area contributed by atoms with E-state index in [9.17, 15) is 9.59 Å². The largest absolute Gasteiger partial charge is 0.457 e. The maximum Gasteiger partial charge on any atom is 0.270 e. The van der Waals surface area contributed by atoms with Gasteiger partial charge < -0.3 is 4.74 Å². The van der Waals surface area contributed by atoms with E-state index >= 15 is 0 Å². The number of aromatic nitrogens is 2. The smallest absolute Gasteiger partial charge is 0.270 e. The molecule has 170 valence electrons. The topological polar surface area (TPSA) is 84.4 Å². The van der Waals surface area contributed by atoms with Crippen molar-refractivity contribution in [2.45, 2.75) is 0 Å². The van der Waals surface area contributed by atoms with Crippen LogP contribution in [0.25, 0.3) is 17.3 Å². The Morgan fingerprint density at radius 1 is 0.886 bits per heavy atom. The van der Waals surface area contributed by atoms with E-state index in [1.807, 2.05) is 48.5 Å². The summed E-state index contributed by atoms with van der Waals surface area (Å²) in [7, 11) is 0. The summed E-state index contributed by atoms with van der Waals surface area (Å²) in [4.78, 5) is 35.7. The summed E-state index contributed by atoms with van der Waals surface area (Å²) in [5, 5.41) is 2.62. The number of nitrogens with one attached hydrogen (secondary N) is 1. The van der Waals surface area contributed by atoms with E-state index in [0.717, 1.165) is 5.56 Å². The molecule has 1 N–H and O–H groups in total. The molecule has 5 rings (SSSR count). The minimum atomic E-state index is -0.551. The number of rotatable bonds is 5. The molecule has 1 aliphatic heterocycles. The van der Waals surface area contributed by atoms with Crippen LogP contribution in [-0.2, 0) is 9.59 Å². The molecule has 1 aliphatic rings. The Hall–Kier alpha value is -4.69. The van der Waals surface area contributed by atoms with Gasteiger partial charge >= 0.3 is 0 Å². The highest BCUT2D eigenvalue weighted by Crippen LogP contribution is 2.27. The summed E-state index contributed by atoms with van der Waals surface area (Å²) in [5.74, 6) is 0.243. The Bertz CT molecular complexity index is 1440. The molecule has 1 saturated heterocycles. The van der Waals surface area contributed by atoms with Crippen molar-refractivity contribution in [2.75, 3.05) is 4.90 Å². The molecule has 2 amide bonds. The van der Waals surface area contributed by atoms with Gasteiger partial charge in [-0.1, -0.05) is 36.4 Å². The number of anilines is 1. The highest BCUT2D eigenvalue weighted by molar-refractivity contribution is 7.80. The molecule has 1 fully saturated rings. The first-order valence-corrected chi connectivity index (χ1v) is 11.1. The van der Waals surface area contributed by atoms with Crippen molar-refractivity contribution in [3.8, 4) is 22.8 Å².